The van der Waals surface area contributed by atoms with E-state index in [2.05, 4.69) is 50.0 Å². The van der Waals surface area contributed by atoms with Crippen molar-refractivity contribution in [2.24, 2.45) is 0 Å². The Balaban J connectivity index is 1.99. The van der Waals surface area contributed by atoms with E-state index >= 15 is 0 Å². The van der Waals surface area contributed by atoms with Gasteiger partial charge >= 0.3 is 0 Å². The van der Waals surface area contributed by atoms with E-state index < -0.39 is 0 Å². The predicted octanol–water partition coefficient (Wildman–Crippen LogP) is 16.2. The molecule has 302 valence electrons. The Morgan fingerprint density at radius 3 is 1.13 bits per heavy atom. The molecular weight excluding hydrogens is 651 g/mol. The molecule has 1 aromatic carbocycles. The number of hydrogen-bond acceptors (Lipinski definition) is 4. The van der Waals surface area contributed by atoms with Crippen LogP contribution in [0.4, 0.5) is 0 Å². The van der Waals surface area contributed by atoms with Crippen LogP contribution in [0.3, 0.4) is 0 Å². The first-order chi connectivity index (χ1) is 26.3. The van der Waals surface area contributed by atoms with Crippen LogP contribution in [0.25, 0.3) is 12.2 Å². The molecule has 1 aromatic heterocycles. The van der Waals surface area contributed by atoms with Gasteiger partial charge in [0.25, 0.3) is 0 Å². The first-order valence-corrected chi connectivity index (χ1v) is 22.9. The Labute approximate surface area is 328 Å². The number of ether oxygens (including phenoxy) is 3. The zero-order valence-electron chi connectivity index (χ0n) is 35.1. The first-order valence-electron chi connectivity index (χ1n) is 22.9. The molecule has 4 nitrogen and oxygen atoms in total. The lowest BCUT2D eigenvalue weighted by Gasteiger charge is -2.18. The molecule has 0 saturated carbocycles. The lowest BCUT2D eigenvalue weighted by molar-refractivity contribution is 0.234. The number of nitrogens with zero attached hydrogens (tertiary/aromatic N) is 1. The summed E-state index contributed by atoms with van der Waals surface area (Å²) in [5.41, 5.74) is 1.99. The molecule has 0 unspecified atom stereocenters. The van der Waals surface area contributed by atoms with E-state index in [1.165, 1.54) is 173 Å². The van der Waals surface area contributed by atoms with Crippen LogP contribution in [-0.2, 0) is 0 Å². The van der Waals surface area contributed by atoms with Crippen LogP contribution in [0, 0.1) is 0 Å². The van der Waals surface area contributed by atoms with Crippen molar-refractivity contribution in [2.45, 2.75) is 213 Å². The van der Waals surface area contributed by atoms with Crippen molar-refractivity contribution in [3.05, 3.63) is 47.8 Å². The van der Waals surface area contributed by atoms with Gasteiger partial charge in [-0.05, 0) is 55.2 Å². The van der Waals surface area contributed by atoms with Gasteiger partial charge in [0.15, 0.2) is 11.5 Å². The molecule has 0 aliphatic rings. The van der Waals surface area contributed by atoms with Gasteiger partial charge in [0.05, 0.1) is 25.5 Å². The largest absolute Gasteiger partial charge is 0.490 e. The molecule has 2 aromatic rings. The van der Waals surface area contributed by atoms with E-state index in [0.29, 0.717) is 19.8 Å². The highest BCUT2D eigenvalue weighted by Gasteiger charge is 2.16. The smallest absolute Gasteiger partial charge is 0.203 e. The molecule has 53 heavy (non-hydrogen) atoms. The van der Waals surface area contributed by atoms with Crippen LogP contribution in [0.15, 0.2) is 36.5 Å². The van der Waals surface area contributed by atoms with Crippen molar-refractivity contribution in [1.82, 2.24) is 4.98 Å². The average Bonchev–Trinajstić information content (AvgIpc) is 3.18. The summed E-state index contributed by atoms with van der Waals surface area (Å²) < 4.78 is 19.7. The highest BCUT2D eigenvalue weighted by molar-refractivity contribution is 5.71. The van der Waals surface area contributed by atoms with E-state index in [9.17, 15) is 0 Å². The number of rotatable bonds is 38. The second kappa shape index (κ2) is 35.2. The lowest BCUT2D eigenvalue weighted by Crippen LogP contribution is -2.07. The topological polar surface area (TPSA) is 40.6 Å². The molecule has 0 atom stereocenters. The van der Waals surface area contributed by atoms with Crippen molar-refractivity contribution in [2.75, 3.05) is 19.8 Å². The summed E-state index contributed by atoms with van der Waals surface area (Å²) in [6.45, 7) is 8.98. The van der Waals surface area contributed by atoms with Crippen molar-refractivity contribution in [3.8, 4) is 17.2 Å². The van der Waals surface area contributed by atoms with Gasteiger partial charge in [-0.1, -0.05) is 206 Å². The molecule has 0 aliphatic heterocycles. The van der Waals surface area contributed by atoms with Gasteiger partial charge in [-0.2, -0.15) is 0 Å². The van der Waals surface area contributed by atoms with Crippen LogP contribution in [0.1, 0.15) is 225 Å². The zero-order chi connectivity index (χ0) is 37.7. The maximum absolute atomic E-state index is 6.57. The van der Waals surface area contributed by atoms with Gasteiger partial charge in [0, 0.05) is 6.20 Å². The minimum atomic E-state index is 0.697. The minimum Gasteiger partial charge on any atom is -0.490 e. The summed E-state index contributed by atoms with van der Waals surface area (Å²) in [4.78, 5) is 4.49. The Morgan fingerprint density at radius 1 is 0.415 bits per heavy atom. The molecule has 0 N–H and O–H groups in total. The fourth-order valence-corrected chi connectivity index (χ4v) is 7.01. The predicted molar refractivity (Wildman–Crippen MR) is 232 cm³/mol. The Hall–Kier alpha value is -2.49. The molecular formula is C49H83NO3. The molecule has 4 heteroatoms. The molecule has 2 rings (SSSR count). The molecule has 0 fully saturated rings. The highest BCUT2D eigenvalue weighted by atomic mass is 16.5. The van der Waals surface area contributed by atoms with Crippen LogP contribution in [-0.4, -0.2) is 24.8 Å². The third-order valence-corrected chi connectivity index (χ3v) is 10.4. The summed E-state index contributed by atoms with van der Waals surface area (Å²) in [5.74, 6) is 2.42. The van der Waals surface area contributed by atoms with Gasteiger partial charge in [-0.25, -0.2) is 0 Å². The lowest BCUT2D eigenvalue weighted by atomic mass is 10.1. The van der Waals surface area contributed by atoms with Gasteiger partial charge in [-0.15, -0.1) is 0 Å². The number of hydrogen-bond donors (Lipinski definition) is 0. The summed E-state index contributed by atoms with van der Waals surface area (Å²) in [7, 11) is 0. The molecule has 0 bridgehead atoms. The molecule has 0 radical (unpaired) electrons. The summed E-state index contributed by atoms with van der Waals surface area (Å²) in [6, 6.07) is 10.3. The van der Waals surface area contributed by atoms with Gasteiger partial charge < -0.3 is 14.2 Å². The van der Waals surface area contributed by atoms with Crippen LogP contribution in [0.5, 0.6) is 17.2 Å². The van der Waals surface area contributed by atoms with Crippen molar-refractivity contribution >= 4 is 12.2 Å². The van der Waals surface area contributed by atoms with Crippen LogP contribution >= 0.6 is 0 Å². The van der Waals surface area contributed by atoms with Crippen LogP contribution < -0.4 is 14.2 Å². The molecule has 0 saturated heterocycles. The number of unbranched alkanes of at least 4 members (excludes halogenated alkanes) is 27. The fraction of sp³-hybridized carbons (Fsp3) is 0.735. The zero-order valence-corrected chi connectivity index (χ0v) is 35.1. The molecule has 0 amide bonds. The third-order valence-electron chi connectivity index (χ3n) is 10.4. The van der Waals surface area contributed by atoms with E-state index in [1.54, 1.807) is 0 Å². The van der Waals surface area contributed by atoms with E-state index in [4.69, 9.17) is 14.2 Å². The van der Waals surface area contributed by atoms with E-state index in [-0.39, 0.29) is 0 Å². The maximum atomic E-state index is 6.57. The normalized spacial score (nSPS) is 11.5. The number of aromatic nitrogens is 1. The third kappa shape index (κ3) is 26.0. The van der Waals surface area contributed by atoms with Crippen molar-refractivity contribution in [1.29, 1.82) is 0 Å². The maximum Gasteiger partial charge on any atom is 0.203 e. The van der Waals surface area contributed by atoms with Crippen molar-refractivity contribution < 1.29 is 14.2 Å². The molecule has 0 spiro atoms. The summed E-state index contributed by atoms with van der Waals surface area (Å²) in [6.07, 6.45) is 45.5. The number of pyridine rings is 1. The summed E-state index contributed by atoms with van der Waals surface area (Å²) in [5, 5.41) is 0. The minimum absolute atomic E-state index is 0.697. The second-order valence-corrected chi connectivity index (χ2v) is 15.5. The first kappa shape index (κ1) is 46.7. The fourth-order valence-electron chi connectivity index (χ4n) is 7.01. The Kier molecular flexibility index (Phi) is 31.0. The Bertz CT molecular complexity index is 1050. The second-order valence-electron chi connectivity index (χ2n) is 15.5. The van der Waals surface area contributed by atoms with Crippen molar-refractivity contribution in [3.63, 3.8) is 0 Å². The monoisotopic (exact) mass is 734 g/mol. The SMILES string of the molecule is CCCCCCCCCCCCOc1cc(/C=C/c2ccccn2)cc(OCCCCCCCCCCCC)c1OCCCCCCCCCCCC. The quantitative estimate of drug-likeness (QED) is 0.0644. The summed E-state index contributed by atoms with van der Waals surface area (Å²) >= 11 is 0. The van der Waals surface area contributed by atoms with Gasteiger partial charge in [0.1, 0.15) is 0 Å². The highest BCUT2D eigenvalue weighted by Crippen LogP contribution is 2.40. The average molecular weight is 734 g/mol. The molecule has 1 heterocycles. The van der Waals surface area contributed by atoms with Gasteiger partial charge in [0.2, 0.25) is 5.75 Å². The van der Waals surface area contributed by atoms with E-state index in [1.807, 2.05) is 24.4 Å². The number of benzene rings is 1. The van der Waals surface area contributed by atoms with Crippen LogP contribution in [0.2, 0.25) is 0 Å². The molecule has 0 aliphatic carbocycles. The Morgan fingerprint density at radius 2 is 0.774 bits per heavy atom. The van der Waals surface area contributed by atoms with Gasteiger partial charge in [-0.3, -0.25) is 4.98 Å². The standard InChI is InChI=1S/C49H83NO3/c1-4-7-10-13-16-19-22-25-28-33-40-51-47-43-45(37-38-46-36-31-32-39-50-46)44-48(52-41-34-29-26-23-20-17-14-11-8-5-2)49(47)53-42-35-30-27-24-21-18-15-12-9-6-3/h31-32,36-39,43-44H,4-30,33-35,40-42H2,1-3H3/b38-37+. The van der Waals surface area contributed by atoms with E-state index in [0.717, 1.165) is 47.8 Å².